The van der Waals surface area contributed by atoms with Gasteiger partial charge in [-0.15, -0.1) is 12.4 Å². The smallest absolute Gasteiger partial charge is 0.173 e. The Morgan fingerprint density at radius 1 is 1.30 bits per heavy atom. The van der Waals surface area contributed by atoms with Crippen LogP contribution in [0.4, 0.5) is 4.39 Å². The molecule has 0 spiro atoms. The first-order valence-corrected chi connectivity index (χ1v) is 8.47. The van der Waals surface area contributed by atoms with E-state index in [0.717, 1.165) is 38.2 Å². The van der Waals surface area contributed by atoms with Crippen LogP contribution in [0.1, 0.15) is 38.8 Å². The minimum Gasteiger partial charge on any atom is -0.489 e. The molecule has 3 nitrogen and oxygen atoms in total. The predicted octanol–water partition coefficient (Wildman–Crippen LogP) is 4.29. The van der Waals surface area contributed by atoms with E-state index in [1.165, 1.54) is 0 Å². The van der Waals surface area contributed by atoms with Gasteiger partial charge in [-0.1, -0.05) is 25.4 Å². The second-order valence-electron chi connectivity index (χ2n) is 6.18. The fourth-order valence-electron chi connectivity index (χ4n) is 2.99. The zero-order chi connectivity index (χ0) is 16.1. The molecule has 1 aromatic rings. The molecule has 6 heteroatoms. The van der Waals surface area contributed by atoms with Gasteiger partial charge in [0.15, 0.2) is 11.6 Å². The Balaban J connectivity index is 0.00000264. The van der Waals surface area contributed by atoms with Crippen LogP contribution in [-0.2, 0) is 0 Å². The lowest BCUT2D eigenvalue weighted by Gasteiger charge is -2.36. The number of hydrogen-bond donors (Lipinski definition) is 1. The zero-order valence-electron chi connectivity index (χ0n) is 14.1. The van der Waals surface area contributed by atoms with E-state index in [1.807, 2.05) is 13.0 Å². The highest BCUT2D eigenvalue weighted by atomic mass is 35.5. The lowest BCUT2D eigenvalue weighted by molar-refractivity contribution is 0.153. The van der Waals surface area contributed by atoms with Gasteiger partial charge in [0.2, 0.25) is 0 Å². The van der Waals surface area contributed by atoms with Crippen molar-refractivity contribution >= 4 is 24.0 Å². The highest BCUT2D eigenvalue weighted by Crippen LogP contribution is 2.35. The lowest BCUT2D eigenvalue weighted by Crippen LogP contribution is -2.45. The molecule has 1 atom stereocenters. The molecule has 0 radical (unpaired) electrons. The molecule has 0 unspecified atom stereocenters. The normalized spacial score (nSPS) is 17.0. The van der Waals surface area contributed by atoms with Gasteiger partial charge < -0.3 is 10.1 Å². The average molecular weight is 365 g/mol. The Morgan fingerprint density at radius 3 is 2.48 bits per heavy atom. The highest BCUT2D eigenvalue weighted by Gasteiger charge is 2.25. The van der Waals surface area contributed by atoms with Gasteiger partial charge in [-0.2, -0.15) is 0 Å². The second-order valence-corrected chi connectivity index (χ2v) is 6.59. The average Bonchev–Trinajstić information content (AvgIpc) is 2.49. The van der Waals surface area contributed by atoms with E-state index in [1.54, 1.807) is 6.07 Å². The number of piperazine rings is 1. The summed E-state index contributed by atoms with van der Waals surface area (Å²) in [5.74, 6) is 0.332. The van der Waals surface area contributed by atoms with Crippen LogP contribution in [-0.4, -0.2) is 37.7 Å². The second kappa shape index (κ2) is 9.67. The fraction of sp³-hybridized carbons (Fsp3) is 0.647. The minimum atomic E-state index is -0.367. The zero-order valence-corrected chi connectivity index (χ0v) is 15.6. The van der Waals surface area contributed by atoms with Crippen LogP contribution in [0.3, 0.4) is 0 Å². The molecule has 0 aromatic heterocycles. The van der Waals surface area contributed by atoms with Crippen molar-refractivity contribution in [2.45, 2.75) is 33.2 Å². The summed E-state index contributed by atoms with van der Waals surface area (Å²) in [6.45, 7) is 10.5. The van der Waals surface area contributed by atoms with Gasteiger partial charge in [0, 0.05) is 32.2 Å². The first-order valence-electron chi connectivity index (χ1n) is 8.09. The number of hydrogen-bond acceptors (Lipinski definition) is 3. The first kappa shape index (κ1) is 20.5. The van der Waals surface area contributed by atoms with E-state index in [2.05, 4.69) is 24.1 Å². The predicted molar refractivity (Wildman–Crippen MR) is 96.5 cm³/mol. The standard InChI is InChI=1S/C17H26ClFN2O.ClH/c1-4-22-17-14(18)10-13(11-15(17)19)16(9-12(2)3)21-7-5-20-6-8-21;/h10-12,16,20H,4-9H2,1-3H3;1H/t16-;/m0./s1. The molecule has 0 amide bonds. The number of benzene rings is 1. The Kier molecular flexibility index (Phi) is 8.62. The number of nitrogens with one attached hydrogen (secondary N) is 1. The molecule has 23 heavy (non-hydrogen) atoms. The summed E-state index contributed by atoms with van der Waals surface area (Å²) in [5.41, 5.74) is 0.946. The molecule has 0 bridgehead atoms. The van der Waals surface area contributed by atoms with Crippen molar-refractivity contribution in [2.75, 3.05) is 32.8 Å². The molecule has 0 saturated carbocycles. The van der Waals surface area contributed by atoms with Crippen molar-refractivity contribution < 1.29 is 9.13 Å². The van der Waals surface area contributed by atoms with Crippen LogP contribution in [0.2, 0.25) is 5.02 Å². The quantitative estimate of drug-likeness (QED) is 0.814. The molecule has 1 aliphatic heterocycles. The highest BCUT2D eigenvalue weighted by molar-refractivity contribution is 6.32. The van der Waals surface area contributed by atoms with Crippen molar-refractivity contribution in [2.24, 2.45) is 5.92 Å². The summed E-state index contributed by atoms with van der Waals surface area (Å²) in [7, 11) is 0. The monoisotopic (exact) mass is 364 g/mol. The number of halogens is 3. The van der Waals surface area contributed by atoms with Gasteiger partial charge >= 0.3 is 0 Å². The van der Waals surface area contributed by atoms with Crippen LogP contribution < -0.4 is 10.1 Å². The molecular weight excluding hydrogens is 338 g/mol. The maximum atomic E-state index is 14.3. The lowest BCUT2D eigenvalue weighted by atomic mass is 9.94. The summed E-state index contributed by atoms with van der Waals surface area (Å²) in [6, 6.07) is 3.65. The Bertz CT molecular complexity index is 470. The van der Waals surface area contributed by atoms with Gasteiger partial charge in [-0.05, 0) is 37.0 Å². The van der Waals surface area contributed by atoms with E-state index in [0.29, 0.717) is 17.5 Å². The summed E-state index contributed by atoms with van der Waals surface area (Å²) >= 11 is 6.24. The third-order valence-corrected chi connectivity index (χ3v) is 4.26. The Hall–Kier alpha value is -0.550. The first-order chi connectivity index (χ1) is 10.5. The number of ether oxygens (including phenoxy) is 1. The van der Waals surface area contributed by atoms with Gasteiger partial charge in [0.1, 0.15) is 0 Å². The topological polar surface area (TPSA) is 24.5 Å². The molecule has 2 rings (SSSR count). The van der Waals surface area contributed by atoms with Gasteiger partial charge in [-0.25, -0.2) is 4.39 Å². The van der Waals surface area contributed by atoms with E-state index in [-0.39, 0.29) is 30.0 Å². The van der Waals surface area contributed by atoms with Gasteiger partial charge in [0.25, 0.3) is 0 Å². The summed E-state index contributed by atoms with van der Waals surface area (Å²) in [6.07, 6.45) is 0.990. The molecule has 132 valence electrons. The molecule has 1 aliphatic rings. The molecule has 1 heterocycles. The molecule has 0 aliphatic carbocycles. The largest absolute Gasteiger partial charge is 0.489 e. The van der Waals surface area contributed by atoms with Crippen LogP contribution in [0, 0.1) is 11.7 Å². The fourth-order valence-corrected chi connectivity index (χ4v) is 3.26. The molecule has 1 N–H and O–H groups in total. The van der Waals surface area contributed by atoms with Crippen LogP contribution in [0.5, 0.6) is 5.75 Å². The molecule has 1 fully saturated rings. The summed E-state index contributed by atoms with van der Waals surface area (Å²) in [4.78, 5) is 2.42. The minimum absolute atomic E-state index is 0. The van der Waals surface area contributed by atoms with Crippen LogP contribution >= 0.6 is 24.0 Å². The third kappa shape index (κ3) is 5.49. The van der Waals surface area contributed by atoms with Crippen LogP contribution in [0.25, 0.3) is 0 Å². The number of rotatable bonds is 6. The van der Waals surface area contributed by atoms with E-state index in [9.17, 15) is 4.39 Å². The van der Waals surface area contributed by atoms with Crippen molar-refractivity contribution in [1.29, 1.82) is 0 Å². The van der Waals surface area contributed by atoms with Gasteiger partial charge in [0.05, 0.1) is 11.6 Å². The van der Waals surface area contributed by atoms with E-state index < -0.39 is 0 Å². The molecule has 1 aromatic carbocycles. The maximum absolute atomic E-state index is 14.3. The van der Waals surface area contributed by atoms with Crippen LogP contribution in [0.15, 0.2) is 12.1 Å². The summed E-state index contributed by atoms with van der Waals surface area (Å²) < 4.78 is 19.6. The van der Waals surface area contributed by atoms with E-state index in [4.69, 9.17) is 16.3 Å². The summed E-state index contributed by atoms with van der Waals surface area (Å²) in [5, 5.41) is 3.72. The molecular formula is C17H27Cl2FN2O. The Morgan fingerprint density at radius 2 is 1.96 bits per heavy atom. The van der Waals surface area contributed by atoms with Gasteiger partial charge in [-0.3, -0.25) is 4.90 Å². The Labute approximate surface area is 149 Å². The van der Waals surface area contributed by atoms with E-state index >= 15 is 0 Å². The third-order valence-electron chi connectivity index (χ3n) is 3.98. The van der Waals surface area contributed by atoms with Crippen molar-refractivity contribution in [3.05, 3.63) is 28.5 Å². The SMILES string of the molecule is CCOc1c(F)cc([C@H](CC(C)C)N2CCNCC2)cc1Cl.Cl. The van der Waals surface area contributed by atoms with Crippen molar-refractivity contribution in [3.8, 4) is 5.75 Å². The maximum Gasteiger partial charge on any atom is 0.173 e. The number of nitrogens with zero attached hydrogens (tertiary/aromatic N) is 1. The van der Waals surface area contributed by atoms with Crippen molar-refractivity contribution in [1.82, 2.24) is 10.2 Å². The van der Waals surface area contributed by atoms with Crippen molar-refractivity contribution in [3.63, 3.8) is 0 Å². The molecule has 1 saturated heterocycles.